The first-order valence-electron chi connectivity index (χ1n) is 8.73. The predicted molar refractivity (Wildman–Crippen MR) is 102 cm³/mol. The first-order valence-corrected chi connectivity index (χ1v) is 9.61. The third-order valence-corrected chi connectivity index (χ3v) is 7.89. The number of para-hydroxylation sites is 1. The Morgan fingerprint density at radius 1 is 1.33 bits per heavy atom. The zero-order chi connectivity index (χ0) is 17.1. The summed E-state index contributed by atoms with van der Waals surface area (Å²) in [6, 6.07) is 8.62. The molecule has 2 aliphatic rings. The lowest BCUT2D eigenvalue weighted by atomic mass is 9.61. The van der Waals surface area contributed by atoms with Gasteiger partial charge in [0, 0.05) is 33.2 Å². The standard InChI is InChI=1S/C21H24N2S/c1-5-21(4)11-10-14-17(19(21)24-12-22)16-13-8-6-7-9-15(13)23-18(16)20(14,2)3/h5-9,14,17,19,23H,1,10-11H2,2-4H3/t14-,17-,19+,21+/m1/s1. The molecule has 0 spiro atoms. The number of rotatable bonds is 2. The number of nitrogens with one attached hydrogen (secondary N) is 1. The van der Waals surface area contributed by atoms with E-state index in [1.807, 2.05) is 0 Å². The molecule has 2 aliphatic carbocycles. The quantitative estimate of drug-likeness (QED) is 0.562. The number of H-pyrrole nitrogens is 1. The number of hydrogen-bond acceptors (Lipinski definition) is 2. The normalized spacial score (nSPS) is 33.7. The molecule has 3 heteroatoms. The molecule has 1 heterocycles. The van der Waals surface area contributed by atoms with Crippen molar-refractivity contribution in [3.8, 4) is 5.40 Å². The van der Waals surface area contributed by atoms with Crippen LogP contribution in [0.15, 0.2) is 36.9 Å². The first kappa shape index (κ1) is 15.8. The van der Waals surface area contributed by atoms with E-state index < -0.39 is 0 Å². The van der Waals surface area contributed by atoms with Crippen molar-refractivity contribution in [3.63, 3.8) is 0 Å². The van der Waals surface area contributed by atoms with Gasteiger partial charge in [-0.25, -0.2) is 0 Å². The highest BCUT2D eigenvalue weighted by atomic mass is 32.2. The van der Waals surface area contributed by atoms with E-state index in [0.29, 0.717) is 11.8 Å². The Kier molecular flexibility index (Phi) is 3.41. The number of thioether (sulfide) groups is 1. The third kappa shape index (κ3) is 1.90. The van der Waals surface area contributed by atoms with Gasteiger partial charge in [-0.15, -0.1) is 6.58 Å². The largest absolute Gasteiger partial charge is 0.358 e. The predicted octanol–water partition coefficient (Wildman–Crippen LogP) is 5.73. The van der Waals surface area contributed by atoms with E-state index in [4.69, 9.17) is 0 Å². The van der Waals surface area contributed by atoms with Crippen molar-refractivity contribution in [1.82, 2.24) is 4.98 Å². The second kappa shape index (κ2) is 5.17. The van der Waals surface area contributed by atoms with Crippen LogP contribution in [0.1, 0.15) is 50.8 Å². The highest BCUT2D eigenvalue weighted by Crippen LogP contribution is 2.63. The topological polar surface area (TPSA) is 39.6 Å². The Morgan fingerprint density at radius 3 is 2.79 bits per heavy atom. The number of thiocyanates is 1. The fourth-order valence-corrected chi connectivity index (χ4v) is 6.33. The van der Waals surface area contributed by atoms with Gasteiger partial charge >= 0.3 is 0 Å². The molecule has 124 valence electrons. The van der Waals surface area contributed by atoms with Crippen LogP contribution in [-0.2, 0) is 5.41 Å². The summed E-state index contributed by atoms with van der Waals surface area (Å²) in [5.74, 6) is 0.995. The Labute approximate surface area is 148 Å². The van der Waals surface area contributed by atoms with Crippen LogP contribution in [-0.4, -0.2) is 10.2 Å². The summed E-state index contributed by atoms with van der Waals surface area (Å²) in [6.07, 6.45) is 4.40. The average molecular weight is 337 g/mol. The van der Waals surface area contributed by atoms with Gasteiger partial charge in [0.1, 0.15) is 5.40 Å². The van der Waals surface area contributed by atoms with Gasteiger partial charge in [-0.1, -0.05) is 45.0 Å². The van der Waals surface area contributed by atoms with Crippen LogP contribution in [0.3, 0.4) is 0 Å². The summed E-state index contributed by atoms with van der Waals surface area (Å²) in [4.78, 5) is 3.71. The highest BCUT2D eigenvalue weighted by molar-refractivity contribution is 8.04. The molecule has 4 atom stereocenters. The van der Waals surface area contributed by atoms with Gasteiger partial charge in [-0.05, 0) is 47.6 Å². The van der Waals surface area contributed by atoms with Gasteiger partial charge in [0.25, 0.3) is 0 Å². The molecule has 2 nitrogen and oxygen atoms in total. The lowest BCUT2D eigenvalue weighted by Crippen LogP contribution is -2.43. The highest BCUT2D eigenvalue weighted by Gasteiger charge is 2.57. The average Bonchev–Trinajstić information content (AvgIpc) is 3.05. The van der Waals surface area contributed by atoms with Gasteiger partial charge in [-0.2, -0.15) is 5.26 Å². The summed E-state index contributed by atoms with van der Waals surface area (Å²) in [6.45, 7) is 11.1. The van der Waals surface area contributed by atoms with Crippen LogP contribution in [0.4, 0.5) is 0 Å². The molecule has 0 unspecified atom stereocenters. The lowest BCUT2D eigenvalue weighted by molar-refractivity contribution is 0.161. The monoisotopic (exact) mass is 336 g/mol. The molecular weight excluding hydrogens is 312 g/mol. The van der Waals surface area contributed by atoms with E-state index in [9.17, 15) is 5.26 Å². The van der Waals surface area contributed by atoms with Gasteiger partial charge in [0.15, 0.2) is 0 Å². The van der Waals surface area contributed by atoms with E-state index in [1.165, 1.54) is 40.3 Å². The molecule has 0 bridgehead atoms. The van der Waals surface area contributed by atoms with E-state index in [2.05, 4.69) is 68.1 Å². The molecule has 24 heavy (non-hydrogen) atoms. The summed E-state index contributed by atoms with van der Waals surface area (Å²) in [7, 11) is 0. The Morgan fingerprint density at radius 2 is 2.08 bits per heavy atom. The molecule has 1 aromatic carbocycles. The van der Waals surface area contributed by atoms with Crippen LogP contribution in [0.5, 0.6) is 0 Å². The number of fused-ring (bicyclic) bond motifs is 5. The molecule has 0 saturated heterocycles. The van der Waals surface area contributed by atoms with E-state index in [1.54, 1.807) is 0 Å². The molecular formula is C21H24N2S. The van der Waals surface area contributed by atoms with Crippen molar-refractivity contribution in [3.05, 3.63) is 48.2 Å². The zero-order valence-electron chi connectivity index (χ0n) is 14.6. The molecule has 0 amide bonds. The number of aromatic amines is 1. The summed E-state index contributed by atoms with van der Waals surface area (Å²) in [5, 5.41) is 13.5. The minimum atomic E-state index is 0.0115. The van der Waals surface area contributed by atoms with Crippen molar-refractivity contribution >= 4 is 22.7 Å². The minimum absolute atomic E-state index is 0.0115. The molecule has 0 aliphatic heterocycles. The summed E-state index contributed by atoms with van der Waals surface area (Å²) < 4.78 is 0. The van der Waals surface area contributed by atoms with E-state index >= 15 is 0 Å². The molecule has 1 fully saturated rings. The molecule has 2 aromatic rings. The maximum absolute atomic E-state index is 9.48. The summed E-state index contributed by atoms with van der Waals surface area (Å²) >= 11 is 1.46. The fraction of sp³-hybridized carbons (Fsp3) is 0.476. The fourth-order valence-electron chi connectivity index (χ4n) is 5.26. The first-order chi connectivity index (χ1) is 11.4. The van der Waals surface area contributed by atoms with Gasteiger partial charge in [0.2, 0.25) is 0 Å². The smallest absolute Gasteiger partial charge is 0.133 e. The maximum Gasteiger partial charge on any atom is 0.133 e. The van der Waals surface area contributed by atoms with Crippen molar-refractivity contribution in [1.29, 1.82) is 5.26 Å². The second-order valence-corrected chi connectivity index (χ2v) is 9.12. The summed E-state index contributed by atoms with van der Waals surface area (Å²) in [5.41, 5.74) is 4.20. The van der Waals surface area contributed by atoms with Crippen LogP contribution in [0.25, 0.3) is 10.9 Å². The number of hydrogen-bond donors (Lipinski definition) is 1. The number of aromatic nitrogens is 1. The van der Waals surface area contributed by atoms with Crippen LogP contribution in [0.2, 0.25) is 0 Å². The Balaban J connectivity index is 1.97. The SMILES string of the molecule is C=C[C@@]1(C)CC[C@@H]2[C@H](c3c([nH]c4ccccc34)C2(C)C)[C@@H]1SC#N. The molecule has 1 aromatic heterocycles. The van der Waals surface area contributed by atoms with E-state index in [0.717, 1.165) is 6.42 Å². The molecule has 1 N–H and O–H groups in total. The Bertz CT molecular complexity index is 856. The third-order valence-electron chi connectivity index (χ3n) is 6.70. The van der Waals surface area contributed by atoms with Crippen molar-refractivity contribution < 1.29 is 0 Å². The van der Waals surface area contributed by atoms with Gasteiger partial charge in [0.05, 0.1) is 0 Å². The number of nitriles is 1. The van der Waals surface area contributed by atoms with E-state index in [-0.39, 0.29) is 16.1 Å². The number of allylic oxidation sites excluding steroid dienone is 1. The number of nitrogens with zero attached hydrogens (tertiary/aromatic N) is 1. The van der Waals surface area contributed by atoms with Crippen LogP contribution < -0.4 is 0 Å². The van der Waals surface area contributed by atoms with Crippen LogP contribution in [0, 0.1) is 22.0 Å². The van der Waals surface area contributed by atoms with Crippen molar-refractivity contribution in [2.75, 3.05) is 0 Å². The minimum Gasteiger partial charge on any atom is -0.358 e. The van der Waals surface area contributed by atoms with Crippen LogP contribution >= 0.6 is 11.8 Å². The lowest BCUT2D eigenvalue weighted by Gasteiger charge is -2.47. The zero-order valence-corrected chi connectivity index (χ0v) is 15.4. The van der Waals surface area contributed by atoms with Crippen molar-refractivity contribution in [2.45, 2.75) is 50.2 Å². The van der Waals surface area contributed by atoms with Gasteiger partial charge in [-0.3, -0.25) is 0 Å². The van der Waals surface area contributed by atoms with Gasteiger partial charge < -0.3 is 4.98 Å². The molecule has 1 saturated carbocycles. The molecule has 0 radical (unpaired) electrons. The maximum atomic E-state index is 9.48. The number of benzene rings is 1. The van der Waals surface area contributed by atoms with Crippen molar-refractivity contribution in [2.24, 2.45) is 11.3 Å². The second-order valence-electron chi connectivity index (χ2n) is 8.19. The molecule has 4 rings (SSSR count). The Hall–Kier alpha value is -1.66.